The van der Waals surface area contributed by atoms with Gasteiger partial charge in [0.05, 0.1) is 6.61 Å². The van der Waals surface area contributed by atoms with Gasteiger partial charge < -0.3 is 10.4 Å². The van der Waals surface area contributed by atoms with Crippen LogP contribution in [-0.4, -0.2) is 29.1 Å². The van der Waals surface area contributed by atoms with Gasteiger partial charge in [0, 0.05) is 40.9 Å². The van der Waals surface area contributed by atoms with E-state index in [1.54, 1.807) is 24.3 Å². The Labute approximate surface area is 178 Å². The number of amides is 1. The summed E-state index contributed by atoms with van der Waals surface area (Å²) in [5.74, 6) is -0.449. The molecule has 6 heteroatoms. The summed E-state index contributed by atoms with van der Waals surface area (Å²) < 4.78 is 14.9. The molecule has 0 aliphatic carbocycles. The number of hydrogen-bond donors (Lipinski definition) is 2. The van der Waals surface area contributed by atoms with Gasteiger partial charge in [-0.2, -0.15) is 0 Å². The summed E-state index contributed by atoms with van der Waals surface area (Å²) in [5, 5.41) is 12.2. The van der Waals surface area contributed by atoms with Crippen LogP contribution in [0.25, 0.3) is 0 Å². The number of benzene rings is 3. The van der Waals surface area contributed by atoms with Gasteiger partial charge in [-0.3, -0.25) is 9.69 Å². The molecule has 0 unspecified atom stereocenters. The number of carbonyl (C=O) groups excluding carboxylic acids is 1. The van der Waals surface area contributed by atoms with E-state index in [1.165, 1.54) is 6.07 Å². The van der Waals surface area contributed by atoms with Gasteiger partial charge >= 0.3 is 0 Å². The average Bonchev–Trinajstić information content (AvgIpc) is 2.72. The standard InChI is InChI=1S/C23H22BrFN2O2/c24-20-10-11-22(25)19(14-20)16-27(12-13-28)15-17-6-8-18(9-7-17)23(29)26-21-4-2-1-3-5-21/h1-11,14,28H,12-13,15-16H2,(H,26,29). The summed E-state index contributed by atoms with van der Waals surface area (Å²) >= 11 is 3.36. The Bertz CT molecular complexity index is 949. The molecule has 3 rings (SSSR count). The maximum Gasteiger partial charge on any atom is 0.255 e. The van der Waals surface area contributed by atoms with Gasteiger partial charge in [0.2, 0.25) is 0 Å². The lowest BCUT2D eigenvalue weighted by atomic mass is 10.1. The van der Waals surface area contributed by atoms with Gasteiger partial charge in [-0.15, -0.1) is 0 Å². The second-order valence-electron chi connectivity index (χ2n) is 6.69. The maximum absolute atomic E-state index is 14.1. The molecule has 0 saturated carbocycles. The molecular formula is C23H22BrFN2O2. The first-order valence-corrected chi connectivity index (χ1v) is 10.1. The Kier molecular flexibility index (Phi) is 7.52. The number of rotatable bonds is 8. The van der Waals surface area contributed by atoms with Crippen LogP contribution >= 0.6 is 15.9 Å². The van der Waals surface area contributed by atoms with Gasteiger partial charge in [-0.1, -0.05) is 46.3 Å². The van der Waals surface area contributed by atoms with Gasteiger partial charge in [-0.05, 0) is 48.0 Å². The van der Waals surface area contributed by atoms with Crippen molar-refractivity contribution < 1.29 is 14.3 Å². The van der Waals surface area contributed by atoms with E-state index in [9.17, 15) is 14.3 Å². The third-order valence-electron chi connectivity index (χ3n) is 4.47. The van der Waals surface area contributed by atoms with Crippen molar-refractivity contribution in [2.75, 3.05) is 18.5 Å². The highest BCUT2D eigenvalue weighted by atomic mass is 79.9. The zero-order valence-electron chi connectivity index (χ0n) is 15.8. The Balaban J connectivity index is 1.66. The molecule has 3 aromatic carbocycles. The minimum Gasteiger partial charge on any atom is -0.395 e. The van der Waals surface area contributed by atoms with Crippen LogP contribution < -0.4 is 5.32 Å². The number of aliphatic hydroxyl groups excluding tert-OH is 1. The van der Waals surface area contributed by atoms with Gasteiger partial charge in [0.1, 0.15) is 5.82 Å². The van der Waals surface area contributed by atoms with E-state index in [0.29, 0.717) is 30.8 Å². The second-order valence-corrected chi connectivity index (χ2v) is 7.60. The fourth-order valence-electron chi connectivity index (χ4n) is 3.01. The molecule has 0 fully saturated rings. The first-order valence-electron chi connectivity index (χ1n) is 9.27. The number of carbonyl (C=O) groups is 1. The Morgan fingerprint density at radius 2 is 1.72 bits per heavy atom. The average molecular weight is 457 g/mol. The molecule has 0 aliphatic heterocycles. The molecule has 150 valence electrons. The summed E-state index contributed by atoms with van der Waals surface area (Å²) in [6.45, 7) is 1.31. The monoisotopic (exact) mass is 456 g/mol. The third-order valence-corrected chi connectivity index (χ3v) is 4.97. The van der Waals surface area contributed by atoms with Gasteiger partial charge in [-0.25, -0.2) is 4.39 Å². The molecule has 1 amide bonds. The number of hydrogen-bond acceptors (Lipinski definition) is 3. The summed E-state index contributed by atoms with van der Waals surface area (Å²) in [7, 11) is 0. The van der Waals surface area contributed by atoms with Crippen molar-refractivity contribution in [3.05, 3.63) is 99.8 Å². The van der Waals surface area contributed by atoms with E-state index in [0.717, 1.165) is 15.7 Å². The van der Waals surface area contributed by atoms with E-state index in [1.807, 2.05) is 47.4 Å². The van der Waals surface area contributed by atoms with Crippen molar-refractivity contribution in [1.82, 2.24) is 4.90 Å². The summed E-state index contributed by atoms with van der Waals surface area (Å²) in [6, 6.07) is 21.4. The molecule has 0 heterocycles. The zero-order valence-corrected chi connectivity index (χ0v) is 17.4. The van der Waals surface area contributed by atoms with E-state index in [2.05, 4.69) is 21.2 Å². The van der Waals surface area contributed by atoms with Crippen LogP contribution in [0, 0.1) is 5.82 Å². The molecule has 0 spiro atoms. The number of nitrogens with zero attached hydrogens (tertiary/aromatic N) is 1. The Morgan fingerprint density at radius 1 is 1.00 bits per heavy atom. The lowest BCUT2D eigenvalue weighted by Crippen LogP contribution is -2.26. The minimum absolute atomic E-state index is 0.0206. The van der Waals surface area contributed by atoms with Crippen molar-refractivity contribution in [2.24, 2.45) is 0 Å². The smallest absolute Gasteiger partial charge is 0.255 e. The first-order chi connectivity index (χ1) is 14.0. The van der Waals surface area contributed by atoms with Crippen LogP contribution in [0.15, 0.2) is 77.3 Å². The molecule has 0 radical (unpaired) electrons. The van der Waals surface area contributed by atoms with E-state index in [4.69, 9.17) is 0 Å². The molecule has 0 aromatic heterocycles. The highest BCUT2D eigenvalue weighted by Crippen LogP contribution is 2.19. The lowest BCUT2D eigenvalue weighted by molar-refractivity contribution is 0.102. The van der Waals surface area contributed by atoms with Crippen molar-refractivity contribution in [3.8, 4) is 0 Å². The lowest BCUT2D eigenvalue weighted by Gasteiger charge is -2.22. The number of para-hydroxylation sites is 1. The van der Waals surface area contributed by atoms with Gasteiger partial charge in [0.15, 0.2) is 0 Å². The van der Waals surface area contributed by atoms with Crippen molar-refractivity contribution in [3.63, 3.8) is 0 Å². The zero-order chi connectivity index (χ0) is 20.6. The topological polar surface area (TPSA) is 52.6 Å². The molecular weight excluding hydrogens is 435 g/mol. The van der Waals surface area contributed by atoms with Crippen LogP contribution in [0.3, 0.4) is 0 Å². The molecule has 0 saturated heterocycles. The first kappa shape index (κ1) is 21.2. The Morgan fingerprint density at radius 3 is 2.41 bits per heavy atom. The molecule has 2 N–H and O–H groups in total. The number of halogens is 2. The normalized spacial score (nSPS) is 10.9. The van der Waals surface area contributed by atoms with Crippen LogP contribution in [0.2, 0.25) is 0 Å². The maximum atomic E-state index is 14.1. The van der Waals surface area contributed by atoms with Crippen LogP contribution in [0.5, 0.6) is 0 Å². The fourth-order valence-corrected chi connectivity index (χ4v) is 3.41. The highest BCUT2D eigenvalue weighted by Gasteiger charge is 2.12. The molecule has 4 nitrogen and oxygen atoms in total. The molecule has 0 bridgehead atoms. The van der Waals surface area contributed by atoms with Crippen LogP contribution in [0.1, 0.15) is 21.5 Å². The third kappa shape index (κ3) is 6.22. The fraction of sp³-hybridized carbons (Fsp3) is 0.174. The van der Waals surface area contributed by atoms with E-state index >= 15 is 0 Å². The second kappa shape index (κ2) is 10.3. The molecule has 0 atom stereocenters. The van der Waals surface area contributed by atoms with Crippen molar-refractivity contribution >= 4 is 27.5 Å². The van der Waals surface area contributed by atoms with E-state index in [-0.39, 0.29) is 18.3 Å². The summed E-state index contributed by atoms with van der Waals surface area (Å²) in [6.07, 6.45) is 0. The number of nitrogens with one attached hydrogen (secondary N) is 1. The molecule has 0 aliphatic rings. The van der Waals surface area contributed by atoms with Gasteiger partial charge in [0.25, 0.3) is 5.91 Å². The van der Waals surface area contributed by atoms with Crippen LogP contribution in [-0.2, 0) is 13.1 Å². The number of aliphatic hydroxyl groups is 1. The summed E-state index contributed by atoms with van der Waals surface area (Å²) in [4.78, 5) is 14.3. The minimum atomic E-state index is -0.274. The largest absolute Gasteiger partial charge is 0.395 e. The number of anilines is 1. The summed E-state index contributed by atoms with van der Waals surface area (Å²) in [5.41, 5.74) is 2.84. The predicted octanol–water partition coefficient (Wildman–Crippen LogP) is 4.84. The SMILES string of the molecule is O=C(Nc1ccccc1)c1ccc(CN(CCO)Cc2cc(Br)ccc2F)cc1. The Hall–Kier alpha value is -2.54. The van der Waals surface area contributed by atoms with E-state index < -0.39 is 0 Å². The van der Waals surface area contributed by atoms with Crippen molar-refractivity contribution in [2.45, 2.75) is 13.1 Å². The molecule has 29 heavy (non-hydrogen) atoms. The van der Waals surface area contributed by atoms with Crippen molar-refractivity contribution in [1.29, 1.82) is 0 Å². The van der Waals surface area contributed by atoms with Crippen LogP contribution in [0.4, 0.5) is 10.1 Å². The highest BCUT2D eigenvalue weighted by molar-refractivity contribution is 9.10. The predicted molar refractivity (Wildman–Crippen MR) is 116 cm³/mol. The molecule has 3 aromatic rings. The quantitative estimate of drug-likeness (QED) is 0.509.